The first-order chi connectivity index (χ1) is 6.75. The van der Waals surface area contributed by atoms with Crippen LogP contribution in [-0.2, 0) is 6.54 Å². The van der Waals surface area contributed by atoms with Crippen LogP contribution in [0.1, 0.15) is 18.6 Å². The second-order valence-electron chi connectivity index (χ2n) is 3.75. The topological polar surface area (TPSA) is 54.2 Å². The van der Waals surface area contributed by atoms with Crippen LogP contribution in [0.3, 0.4) is 0 Å². The quantitative estimate of drug-likeness (QED) is 0.731. The third kappa shape index (κ3) is 2.10. The maximum absolute atomic E-state index is 4.94. The molecular weight excluding hydrogens is 180 g/mol. The standard InChI is InChI=1S/C9H16N4O/c1-7-5-10-3-4-13(7)6-9-11-8(2)14-12-9/h7,10H,3-6H2,1-2H3/t7-/m1/s1. The highest BCUT2D eigenvalue weighted by Gasteiger charge is 2.19. The molecule has 0 spiro atoms. The van der Waals surface area contributed by atoms with E-state index in [-0.39, 0.29) is 0 Å². The molecular formula is C9H16N4O. The molecule has 5 nitrogen and oxygen atoms in total. The lowest BCUT2D eigenvalue weighted by Gasteiger charge is -2.32. The Morgan fingerprint density at radius 1 is 1.64 bits per heavy atom. The zero-order valence-corrected chi connectivity index (χ0v) is 8.66. The fourth-order valence-corrected chi connectivity index (χ4v) is 1.71. The zero-order chi connectivity index (χ0) is 9.97. The van der Waals surface area contributed by atoms with Crippen molar-refractivity contribution in [2.45, 2.75) is 26.4 Å². The molecule has 0 aromatic carbocycles. The van der Waals surface area contributed by atoms with E-state index < -0.39 is 0 Å². The third-order valence-electron chi connectivity index (χ3n) is 2.55. The van der Waals surface area contributed by atoms with Gasteiger partial charge in [0.05, 0.1) is 6.54 Å². The summed E-state index contributed by atoms with van der Waals surface area (Å²) < 4.78 is 4.94. The van der Waals surface area contributed by atoms with Crippen LogP contribution < -0.4 is 5.32 Å². The Labute approximate surface area is 83.5 Å². The van der Waals surface area contributed by atoms with E-state index >= 15 is 0 Å². The molecule has 1 saturated heterocycles. The first-order valence-corrected chi connectivity index (χ1v) is 4.99. The molecule has 78 valence electrons. The molecule has 1 aliphatic rings. The van der Waals surface area contributed by atoms with Crippen LogP contribution >= 0.6 is 0 Å². The van der Waals surface area contributed by atoms with E-state index in [0.717, 1.165) is 32.0 Å². The summed E-state index contributed by atoms with van der Waals surface area (Å²) in [6.07, 6.45) is 0. The van der Waals surface area contributed by atoms with Crippen molar-refractivity contribution in [2.75, 3.05) is 19.6 Å². The summed E-state index contributed by atoms with van der Waals surface area (Å²) in [4.78, 5) is 6.56. The van der Waals surface area contributed by atoms with Crippen LogP contribution in [-0.4, -0.2) is 40.7 Å². The van der Waals surface area contributed by atoms with Crippen molar-refractivity contribution >= 4 is 0 Å². The Hall–Kier alpha value is -0.940. The van der Waals surface area contributed by atoms with Gasteiger partial charge >= 0.3 is 0 Å². The van der Waals surface area contributed by atoms with Crippen molar-refractivity contribution in [3.05, 3.63) is 11.7 Å². The summed E-state index contributed by atoms with van der Waals surface area (Å²) in [5, 5.41) is 7.25. The van der Waals surface area contributed by atoms with Gasteiger partial charge in [-0.3, -0.25) is 4.90 Å². The Morgan fingerprint density at radius 3 is 3.14 bits per heavy atom. The summed E-state index contributed by atoms with van der Waals surface area (Å²) in [6, 6.07) is 0.544. The molecule has 1 atom stereocenters. The van der Waals surface area contributed by atoms with Crippen molar-refractivity contribution in [2.24, 2.45) is 0 Å². The molecule has 2 heterocycles. The van der Waals surface area contributed by atoms with E-state index in [9.17, 15) is 0 Å². The maximum atomic E-state index is 4.94. The number of hydrogen-bond acceptors (Lipinski definition) is 5. The molecule has 0 aliphatic carbocycles. The van der Waals surface area contributed by atoms with Crippen LogP contribution in [0.4, 0.5) is 0 Å². The number of nitrogens with one attached hydrogen (secondary N) is 1. The minimum atomic E-state index is 0.544. The number of aromatic nitrogens is 2. The molecule has 0 unspecified atom stereocenters. The summed E-state index contributed by atoms with van der Waals surface area (Å²) in [5.41, 5.74) is 0. The lowest BCUT2D eigenvalue weighted by molar-refractivity contribution is 0.160. The molecule has 0 amide bonds. The second kappa shape index (κ2) is 4.06. The fraction of sp³-hybridized carbons (Fsp3) is 0.778. The summed E-state index contributed by atoms with van der Waals surface area (Å²) in [6.45, 7) is 7.95. The first-order valence-electron chi connectivity index (χ1n) is 4.99. The number of nitrogens with zero attached hydrogens (tertiary/aromatic N) is 3. The van der Waals surface area contributed by atoms with Crippen LogP contribution in [0.2, 0.25) is 0 Å². The van der Waals surface area contributed by atoms with Crippen molar-refractivity contribution in [1.29, 1.82) is 0 Å². The van der Waals surface area contributed by atoms with Gasteiger partial charge in [-0.05, 0) is 6.92 Å². The van der Waals surface area contributed by atoms with Gasteiger partial charge in [-0.2, -0.15) is 4.98 Å². The highest BCUT2D eigenvalue weighted by Crippen LogP contribution is 2.07. The SMILES string of the molecule is Cc1nc(CN2CCNC[C@H]2C)no1. The first kappa shape index (κ1) is 9.61. The molecule has 2 rings (SSSR count). The van der Waals surface area contributed by atoms with E-state index in [1.54, 1.807) is 0 Å². The molecule has 0 bridgehead atoms. The van der Waals surface area contributed by atoms with Gasteiger partial charge in [0.1, 0.15) is 0 Å². The molecule has 1 aromatic heterocycles. The van der Waals surface area contributed by atoms with Crippen LogP contribution in [0.15, 0.2) is 4.52 Å². The Morgan fingerprint density at radius 2 is 2.50 bits per heavy atom. The summed E-state index contributed by atoms with van der Waals surface area (Å²) in [5.74, 6) is 1.43. The fourth-order valence-electron chi connectivity index (χ4n) is 1.71. The van der Waals surface area contributed by atoms with Gasteiger partial charge in [0.15, 0.2) is 5.82 Å². The minimum absolute atomic E-state index is 0.544. The molecule has 14 heavy (non-hydrogen) atoms. The van der Waals surface area contributed by atoms with Gasteiger partial charge in [-0.15, -0.1) is 0 Å². The molecule has 1 aromatic rings. The van der Waals surface area contributed by atoms with Gasteiger partial charge in [0, 0.05) is 32.6 Å². The van der Waals surface area contributed by atoms with Gasteiger partial charge in [0.2, 0.25) is 5.89 Å². The van der Waals surface area contributed by atoms with E-state index in [1.165, 1.54) is 0 Å². The molecule has 1 N–H and O–H groups in total. The highest BCUT2D eigenvalue weighted by atomic mass is 16.5. The van der Waals surface area contributed by atoms with E-state index in [0.29, 0.717) is 11.9 Å². The Bertz CT molecular complexity index is 299. The summed E-state index contributed by atoms with van der Waals surface area (Å²) >= 11 is 0. The number of piperazine rings is 1. The molecule has 5 heteroatoms. The molecule has 0 radical (unpaired) electrons. The molecule has 1 fully saturated rings. The number of aryl methyl sites for hydroxylation is 1. The highest BCUT2D eigenvalue weighted by molar-refractivity contribution is 4.87. The molecule has 0 saturated carbocycles. The summed E-state index contributed by atoms with van der Waals surface area (Å²) in [7, 11) is 0. The van der Waals surface area contributed by atoms with E-state index in [2.05, 4.69) is 27.3 Å². The van der Waals surface area contributed by atoms with E-state index in [1.807, 2.05) is 6.92 Å². The minimum Gasteiger partial charge on any atom is -0.340 e. The lowest BCUT2D eigenvalue weighted by atomic mass is 10.2. The second-order valence-corrected chi connectivity index (χ2v) is 3.75. The number of hydrogen-bond donors (Lipinski definition) is 1. The van der Waals surface area contributed by atoms with Crippen LogP contribution in [0.25, 0.3) is 0 Å². The Balaban J connectivity index is 1.95. The average molecular weight is 196 g/mol. The normalized spacial score (nSPS) is 24.0. The smallest absolute Gasteiger partial charge is 0.223 e. The van der Waals surface area contributed by atoms with Crippen LogP contribution in [0, 0.1) is 6.92 Å². The zero-order valence-electron chi connectivity index (χ0n) is 8.66. The van der Waals surface area contributed by atoms with Gasteiger partial charge in [0.25, 0.3) is 0 Å². The monoisotopic (exact) mass is 196 g/mol. The predicted molar refractivity (Wildman–Crippen MR) is 51.8 cm³/mol. The molecule has 1 aliphatic heterocycles. The van der Waals surface area contributed by atoms with Crippen molar-refractivity contribution < 1.29 is 4.52 Å². The predicted octanol–water partition coefficient (Wildman–Crippen LogP) is 0.172. The van der Waals surface area contributed by atoms with Crippen molar-refractivity contribution in [3.8, 4) is 0 Å². The van der Waals surface area contributed by atoms with Crippen molar-refractivity contribution in [1.82, 2.24) is 20.4 Å². The third-order valence-corrected chi connectivity index (χ3v) is 2.55. The lowest BCUT2D eigenvalue weighted by Crippen LogP contribution is -2.49. The van der Waals surface area contributed by atoms with Gasteiger partial charge in [-0.1, -0.05) is 5.16 Å². The maximum Gasteiger partial charge on any atom is 0.223 e. The largest absolute Gasteiger partial charge is 0.340 e. The van der Waals surface area contributed by atoms with Gasteiger partial charge < -0.3 is 9.84 Å². The van der Waals surface area contributed by atoms with Crippen molar-refractivity contribution in [3.63, 3.8) is 0 Å². The van der Waals surface area contributed by atoms with Gasteiger partial charge in [-0.25, -0.2) is 0 Å². The number of rotatable bonds is 2. The Kier molecular flexibility index (Phi) is 2.79. The van der Waals surface area contributed by atoms with Crippen LogP contribution in [0.5, 0.6) is 0 Å². The van der Waals surface area contributed by atoms with E-state index in [4.69, 9.17) is 4.52 Å². The average Bonchev–Trinajstić information content (AvgIpc) is 2.56.